The highest BCUT2D eigenvalue weighted by Gasteiger charge is 2.22. The molecule has 0 saturated carbocycles. The molecule has 1 aliphatic heterocycles. The van der Waals surface area contributed by atoms with Gasteiger partial charge in [0, 0.05) is 31.7 Å². The highest BCUT2D eigenvalue weighted by Crippen LogP contribution is 2.13. The van der Waals surface area contributed by atoms with Crippen LogP contribution in [0.1, 0.15) is 24.8 Å². The molecule has 1 unspecified atom stereocenters. The Morgan fingerprint density at radius 3 is 3.20 bits per heavy atom. The molecule has 2 rings (SSSR count). The first-order valence-electron chi connectivity index (χ1n) is 5.66. The summed E-state index contributed by atoms with van der Waals surface area (Å²) in [6.07, 6.45) is 1.24. The second-order valence-corrected chi connectivity index (χ2v) is 4.21. The molecule has 15 heavy (non-hydrogen) atoms. The molecule has 1 aromatic heterocycles. The molecule has 4 heteroatoms. The maximum atomic E-state index is 5.06. The number of likely N-dealkylation sites (tertiary alicyclic amines) is 1. The fourth-order valence-electron chi connectivity index (χ4n) is 2.15. The van der Waals surface area contributed by atoms with Crippen molar-refractivity contribution >= 4 is 0 Å². The van der Waals surface area contributed by atoms with Crippen molar-refractivity contribution in [1.82, 2.24) is 15.4 Å². The van der Waals surface area contributed by atoms with Gasteiger partial charge in [0.2, 0.25) is 0 Å². The predicted molar refractivity (Wildman–Crippen MR) is 58.6 cm³/mol. The van der Waals surface area contributed by atoms with Crippen LogP contribution < -0.4 is 5.32 Å². The zero-order chi connectivity index (χ0) is 10.7. The minimum atomic E-state index is 0.656. The van der Waals surface area contributed by atoms with Gasteiger partial charge < -0.3 is 9.84 Å². The molecule has 84 valence electrons. The van der Waals surface area contributed by atoms with Crippen molar-refractivity contribution in [2.75, 3.05) is 19.6 Å². The summed E-state index contributed by atoms with van der Waals surface area (Å²) < 4.78 is 5.06. The predicted octanol–water partition coefficient (Wildman–Crippen LogP) is 1.17. The Morgan fingerprint density at radius 2 is 2.53 bits per heavy atom. The highest BCUT2D eigenvalue weighted by atomic mass is 16.5. The summed E-state index contributed by atoms with van der Waals surface area (Å²) in [5.74, 6) is 0.896. The Bertz CT molecular complexity index is 311. The molecule has 1 atom stereocenters. The van der Waals surface area contributed by atoms with Gasteiger partial charge in [0.05, 0.1) is 5.69 Å². The summed E-state index contributed by atoms with van der Waals surface area (Å²) >= 11 is 0. The standard InChI is InChI=1S/C11H19N3O/c1-3-12-10-4-5-14(7-10)8-11-6-9(2)15-13-11/h6,10,12H,3-5,7-8H2,1-2H3. The maximum Gasteiger partial charge on any atom is 0.133 e. The van der Waals surface area contributed by atoms with Crippen LogP contribution in [0.25, 0.3) is 0 Å². The quantitative estimate of drug-likeness (QED) is 0.808. The Kier molecular flexibility index (Phi) is 3.38. The highest BCUT2D eigenvalue weighted by molar-refractivity contribution is 5.03. The van der Waals surface area contributed by atoms with Crippen LogP contribution >= 0.6 is 0 Å². The van der Waals surface area contributed by atoms with Crippen molar-refractivity contribution in [3.8, 4) is 0 Å². The first kappa shape index (κ1) is 10.6. The van der Waals surface area contributed by atoms with Crippen LogP contribution in [0.4, 0.5) is 0 Å². The minimum Gasteiger partial charge on any atom is -0.361 e. The van der Waals surface area contributed by atoms with Crippen molar-refractivity contribution in [3.63, 3.8) is 0 Å². The molecular formula is C11H19N3O. The summed E-state index contributed by atoms with van der Waals surface area (Å²) in [5, 5.41) is 7.49. The van der Waals surface area contributed by atoms with Gasteiger partial charge in [-0.3, -0.25) is 4.90 Å². The molecule has 0 bridgehead atoms. The van der Waals surface area contributed by atoms with Crippen molar-refractivity contribution in [3.05, 3.63) is 17.5 Å². The number of likely N-dealkylation sites (N-methyl/N-ethyl adjacent to an activating group) is 1. The maximum absolute atomic E-state index is 5.06. The Labute approximate surface area is 90.6 Å². The fourth-order valence-corrected chi connectivity index (χ4v) is 2.15. The zero-order valence-corrected chi connectivity index (χ0v) is 9.49. The van der Waals surface area contributed by atoms with Crippen LogP contribution in [0.15, 0.2) is 10.6 Å². The number of rotatable bonds is 4. The van der Waals surface area contributed by atoms with E-state index in [0.29, 0.717) is 6.04 Å². The number of nitrogens with one attached hydrogen (secondary N) is 1. The number of aryl methyl sites for hydroxylation is 1. The van der Waals surface area contributed by atoms with E-state index in [1.54, 1.807) is 0 Å². The molecular weight excluding hydrogens is 190 g/mol. The topological polar surface area (TPSA) is 41.3 Å². The van der Waals surface area contributed by atoms with Crippen molar-refractivity contribution in [2.45, 2.75) is 32.9 Å². The molecule has 1 aromatic rings. The van der Waals surface area contributed by atoms with Gasteiger partial charge in [-0.1, -0.05) is 12.1 Å². The lowest BCUT2D eigenvalue weighted by atomic mass is 10.3. The second-order valence-electron chi connectivity index (χ2n) is 4.21. The van der Waals surface area contributed by atoms with Gasteiger partial charge in [-0.2, -0.15) is 0 Å². The van der Waals surface area contributed by atoms with E-state index in [-0.39, 0.29) is 0 Å². The summed E-state index contributed by atoms with van der Waals surface area (Å²) in [7, 11) is 0. The first-order chi connectivity index (χ1) is 7.28. The van der Waals surface area contributed by atoms with E-state index in [1.165, 1.54) is 6.42 Å². The minimum absolute atomic E-state index is 0.656. The van der Waals surface area contributed by atoms with Crippen molar-refractivity contribution < 1.29 is 4.52 Å². The lowest BCUT2D eigenvalue weighted by Crippen LogP contribution is -2.32. The van der Waals surface area contributed by atoms with E-state index in [0.717, 1.165) is 37.6 Å². The number of nitrogens with zero attached hydrogens (tertiary/aromatic N) is 2. The molecule has 0 spiro atoms. The van der Waals surface area contributed by atoms with E-state index >= 15 is 0 Å². The van der Waals surface area contributed by atoms with Crippen molar-refractivity contribution in [1.29, 1.82) is 0 Å². The SMILES string of the molecule is CCNC1CCN(Cc2cc(C)on2)C1. The van der Waals surface area contributed by atoms with Gasteiger partial charge in [-0.25, -0.2) is 0 Å². The first-order valence-corrected chi connectivity index (χ1v) is 5.66. The molecule has 0 amide bonds. The molecule has 1 fully saturated rings. The van der Waals surface area contributed by atoms with E-state index in [9.17, 15) is 0 Å². The normalized spacial score (nSPS) is 22.4. The van der Waals surface area contributed by atoms with Crippen LogP contribution in [-0.2, 0) is 6.54 Å². The smallest absolute Gasteiger partial charge is 0.133 e. The van der Waals surface area contributed by atoms with Gasteiger partial charge in [-0.05, 0) is 19.9 Å². The van der Waals surface area contributed by atoms with Gasteiger partial charge in [-0.15, -0.1) is 0 Å². The lowest BCUT2D eigenvalue weighted by molar-refractivity contribution is 0.304. The molecule has 2 heterocycles. The summed E-state index contributed by atoms with van der Waals surface area (Å²) in [6.45, 7) is 8.34. The number of aromatic nitrogens is 1. The molecule has 1 saturated heterocycles. The van der Waals surface area contributed by atoms with Gasteiger partial charge in [0.25, 0.3) is 0 Å². The average molecular weight is 209 g/mol. The van der Waals surface area contributed by atoms with Gasteiger partial charge in [0.15, 0.2) is 0 Å². The summed E-state index contributed by atoms with van der Waals surface area (Å²) in [5.41, 5.74) is 1.05. The zero-order valence-electron chi connectivity index (χ0n) is 9.49. The summed E-state index contributed by atoms with van der Waals surface area (Å²) in [6, 6.07) is 2.67. The molecule has 0 radical (unpaired) electrons. The van der Waals surface area contributed by atoms with E-state index < -0.39 is 0 Å². The Balaban J connectivity index is 1.82. The Hall–Kier alpha value is -0.870. The third kappa shape index (κ3) is 2.79. The average Bonchev–Trinajstić information content (AvgIpc) is 2.78. The fraction of sp³-hybridized carbons (Fsp3) is 0.727. The molecule has 1 aliphatic rings. The number of hydrogen-bond acceptors (Lipinski definition) is 4. The lowest BCUT2D eigenvalue weighted by Gasteiger charge is -2.14. The van der Waals surface area contributed by atoms with E-state index in [2.05, 4.69) is 22.3 Å². The van der Waals surface area contributed by atoms with Crippen LogP contribution in [0.3, 0.4) is 0 Å². The van der Waals surface area contributed by atoms with Gasteiger partial charge >= 0.3 is 0 Å². The van der Waals surface area contributed by atoms with Crippen LogP contribution in [0.2, 0.25) is 0 Å². The Morgan fingerprint density at radius 1 is 1.67 bits per heavy atom. The molecule has 4 nitrogen and oxygen atoms in total. The second kappa shape index (κ2) is 4.77. The molecule has 0 aromatic carbocycles. The molecule has 1 N–H and O–H groups in total. The largest absolute Gasteiger partial charge is 0.361 e. The van der Waals surface area contributed by atoms with Crippen molar-refractivity contribution in [2.24, 2.45) is 0 Å². The van der Waals surface area contributed by atoms with E-state index in [4.69, 9.17) is 4.52 Å². The number of hydrogen-bond donors (Lipinski definition) is 1. The third-order valence-electron chi connectivity index (χ3n) is 2.83. The van der Waals surface area contributed by atoms with Gasteiger partial charge in [0.1, 0.15) is 5.76 Å². The monoisotopic (exact) mass is 209 g/mol. The van der Waals surface area contributed by atoms with E-state index in [1.807, 2.05) is 13.0 Å². The third-order valence-corrected chi connectivity index (χ3v) is 2.83. The van der Waals surface area contributed by atoms with Crippen LogP contribution in [-0.4, -0.2) is 35.7 Å². The molecule has 0 aliphatic carbocycles. The van der Waals surface area contributed by atoms with Crippen LogP contribution in [0.5, 0.6) is 0 Å². The van der Waals surface area contributed by atoms with Crippen LogP contribution in [0, 0.1) is 6.92 Å². The summed E-state index contributed by atoms with van der Waals surface area (Å²) in [4.78, 5) is 2.42.